The Kier molecular flexibility index (Phi) is 36.3. The number of carbonyl (C=O) groups is 2. The molecule has 0 spiro atoms. The van der Waals surface area contributed by atoms with Gasteiger partial charge in [-0.25, -0.2) is 4.57 Å². The van der Waals surface area contributed by atoms with Crippen LogP contribution >= 0.6 is 7.82 Å². The van der Waals surface area contributed by atoms with Crippen LogP contribution in [0.15, 0.2) is 48.6 Å². The van der Waals surface area contributed by atoms with Gasteiger partial charge in [0.15, 0.2) is 6.10 Å². The van der Waals surface area contributed by atoms with Gasteiger partial charge in [-0.15, -0.1) is 0 Å². The molecule has 0 heterocycles. The van der Waals surface area contributed by atoms with Crippen LogP contribution in [0.4, 0.5) is 0 Å². The number of unbranched alkanes of at least 4 members (excludes halogenated alkanes) is 19. The Morgan fingerprint density at radius 2 is 0.882 bits per heavy atom. The van der Waals surface area contributed by atoms with Crippen LogP contribution in [0.1, 0.15) is 187 Å². The fourth-order valence-corrected chi connectivity index (χ4v) is 5.89. The van der Waals surface area contributed by atoms with Crippen molar-refractivity contribution in [3.8, 4) is 0 Å². The van der Waals surface area contributed by atoms with Crippen LogP contribution in [0.5, 0.6) is 0 Å². The highest BCUT2D eigenvalue weighted by atomic mass is 31.2. The Balaban J connectivity index is 4.01. The standard InChI is InChI=1S/C42H75O8P/c1-3-5-7-9-11-13-15-17-19-20-21-22-23-25-27-29-31-33-35-37-42(44)50-40(39-49-51(45,46)47)38-48-41(43)36-34-32-30-28-26-24-18-16-14-12-10-8-6-4-2/h11,13,17,19,21-22,25,27,40H,3-10,12,14-16,18,20,23-24,26,28-39H2,1-2H3,(H2,45,46,47)/b13-11+,19-17+,22-21+,27-25+/t40-/m1/s1. The summed E-state index contributed by atoms with van der Waals surface area (Å²) in [4.78, 5) is 42.8. The molecule has 0 aromatic carbocycles. The lowest BCUT2D eigenvalue weighted by Gasteiger charge is -2.18. The van der Waals surface area contributed by atoms with Crippen LogP contribution in [0.3, 0.4) is 0 Å². The molecule has 0 aliphatic carbocycles. The minimum absolute atomic E-state index is 0.175. The van der Waals surface area contributed by atoms with E-state index in [-0.39, 0.29) is 19.4 Å². The van der Waals surface area contributed by atoms with E-state index in [1.807, 2.05) is 0 Å². The molecular formula is C42H75O8P. The van der Waals surface area contributed by atoms with Crippen LogP contribution < -0.4 is 0 Å². The van der Waals surface area contributed by atoms with E-state index in [9.17, 15) is 14.2 Å². The van der Waals surface area contributed by atoms with Crippen molar-refractivity contribution < 1.29 is 37.9 Å². The van der Waals surface area contributed by atoms with Crippen molar-refractivity contribution in [1.29, 1.82) is 0 Å². The van der Waals surface area contributed by atoms with Gasteiger partial charge in [-0.2, -0.15) is 0 Å². The van der Waals surface area contributed by atoms with Gasteiger partial charge in [-0.05, 0) is 57.8 Å². The van der Waals surface area contributed by atoms with Gasteiger partial charge in [0.25, 0.3) is 0 Å². The maximum Gasteiger partial charge on any atom is 0.469 e. The topological polar surface area (TPSA) is 119 Å². The zero-order valence-corrected chi connectivity index (χ0v) is 33.4. The Bertz CT molecular complexity index is 968. The van der Waals surface area contributed by atoms with Gasteiger partial charge in [-0.3, -0.25) is 14.1 Å². The van der Waals surface area contributed by atoms with Gasteiger partial charge >= 0.3 is 19.8 Å². The third-order valence-electron chi connectivity index (χ3n) is 8.60. The molecule has 0 aliphatic heterocycles. The normalized spacial score (nSPS) is 12.9. The SMILES string of the molecule is CCCCC/C=C/C/C=C/C/C=C/C/C=C/CCCCCC(=O)O[C@H](COC(=O)CCCCCCCCCCCCCCCC)COP(=O)(O)O. The zero-order valence-electron chi connectivity index (χ0n) is 32.5. The predicted molar refractivity (Wildman–Crippen MR) is 211 cm³/mol. The Morgan fingerprint density at radius 3 is 1.35 bits per heavy atom. The van der Waals surface area contributed by atoms with Gasteiger partial charge in [0, 0.05) is 12.8 Å². The highest BCUT2D eigenvalue weighted by Crippen LogP contribution is 2.36. The van der Waals surface area contributed by atoms with Crippen LogP contribution in [-0.2, 0) is 28.2 Å². The molecule has 0 amide bonds. The second-order valence-corrected chi connectivity index (χ2v) is 14.9. The summed E-state index contributed by atoms with van der Waals surface area (Å²) in [7, 11) is -4.76. The first-order valence-electron chi connectivity index (χ1n) is 20.4. The third kappa shape index (κ3) is 40.6. The first-order chi connectivity index (χ1) is 24.8. The lowest BCUT2D eigenvalue weighted by Crippen LogP contribution is -2.29. The lowest BCUT2D eigenvalue weighted by atomic mass is 10.0. The van der Waals surface area contributed by atoms with E-state index in [2.05, 4.69) is 67.0 Å². The van der Waals surface area contributed by atoms with Crippen molar-refractivity contribution >= 4 is 19.8 Å². The molecule has 296 valence electrons. The largest absolute Gasteiger partial charge is 0.469 e. The van der Waals surface area contributed by atoms with Gasteiger partial charge < -0.3 is 19.3 Å². The molecule has 0 radical (unpaired) electrons. The summed E-state index contributed by atoms with van der Waals surface area (Å²) in [5.74, 6) is -0.918. The van der Waals surface area contributed by atoms with E-state index in [1.165, 1.54) is 96.3 Å². The number of hydrogen-bond donors (Lipinski definition) is 2. The van der Waals surface area contributed by atoms with E-state index in [0.717, 1.165) is 57.8 Å². The molecule has 0 rings (SSSR count). The average Bonchev–Trinajstić information content (AvgIpc) is 3.10. The minimum atomic E-state index is -4.76. The summed E-state index contributed by atoms with van der Waals surface area (Å²) in [6.07, 6.45) is 45.4. The minimum Gasteiger partial charge on any atom is -0.462 e. The molecule has 0 bridgehead atoms. The number of phosphoric acid groups is 1. The molecule has 51 heavy (non-hydrogen) atoms. The van der Waals surface area contributed by atoms with Crippen molar-refractivity contribution in [2.24, 2.45) is 0 Å². The van der Waals surface area contributed by atoms with Crippen LogP contribution in [0, 0.1) is 0 Å². The van der Waals surface area contributed by atoms with Gasteiger partial charge in [-0.1, -0.05) is 165 Å². The van der Waals surface area contributed by atoms with Gasteiger partial charge in [0.05, 0.1) is 6.61 Å². The molecule has 0 aliphatic rings. The molecule has 0 saturated carbocycles. The molecule has 8 nitrogen and oxygen atoms in total. The van der Waals surface area contributed by atoms with E-state index >= 15 is 0 Å². The molecule has 9 heteroatoms. The molecule has 0 saturated heterocycles. The summed E-state index contributed by atoms with van der Waals surface area (Å²) in [6.45, 7) is 3.63. The Morgan fingerprint density at radius 1 is 0.510 bits per heavy atom. The molecule has 2 N–H and O–H groups in total. The molecule has 0 fully saturated rings. The fourth-order valence-electron chi connectivity index (χ4n) is 5.53. The lowest BCUT2D eigenvalue weighted by molar-refractivity contribution is -0.161. The summed E-state index contributed by atoms with van der Waals surface area (Å²) < 4.78 is 26.3. The zero-order chi connectivity index (χ0) is 37.5. The highest BCUT2D eigenvalue weighted by Gasteiger charge is 2.22. The van der Waals surface area contributed by atoms with Gasteiger partial charge in [0.1, 0.15) is 6.61 Å². The van der Waals surface area contributed by atoms with E-state index in [4.69, 9.17) is 19.3 Å². The highest BCUT2D eigenvalue weighted by molar-refractivity contribution is 7.46. The molecule has 0 aromatic heterocycles. The van der Waals surface area contributed by atoms with Crippen molar-refractivity contribution in [2.75, 3.05) is 13.2 Å². The van der Waals surface area contributed by atoms with Crippen LogP contribution in [-0.4, -0.2) is 41.0 Å². The number of carbonyl (C=O) groups excluding carboxylic acids is 2. The second-order valence-electron chi connectivity index (χ2n) is 13.6. The number of ether oxygens (including phenoxy) is 2. The first kappa shape index (κ1) is 49.0. The summed E-state index contributed by atoms with van der Waals surface area (Å²) in [5.41, 5.74) is 0. The van der Waals surface area contributed by atoms with Crippen molar-refractivity contribution in [2.45, 2.75) is 193 Å². The quantitative estimate of drug-likeness (QED) is 0.0280. The van der Waals surface area contributed by atoms with E-state index < -0.39 is 32.5 Å². The number of allylic oxidation sites excluding steroid dienone is 8. The molecule has 0 aromatic rings. The number of esters is 2. The maximum atomic E-state index is 12.4. The summed E-state index contributed by atoms with van der Waals surface area (Å²) in [5, 5.41) is 0. The van der Waals surface area contributed by atoms with E-state index in [1.54, 1.807) is 0 Å². The first-order valence-corrected chi connectivity index (χ1v) is 22.0. The Hall–Kier alpha value is -1.99. The van der Waals surface area contributed by atoms with Crippen molar-refractivity contribution in [3.63, 3.8) is 0 Å². The molecular weight excluding hydrogens is 663 g/mol. The van der Waals surface area contributed by atoms with Crippen molar-refractivity contribution in [1.82, 2.24) is 0 Å². The van der Waals surface area contributed by atoms with Crippen LogP contribution in [0.2, 0.25) is 0 Å². The third-order valence-corrected chi connectivity index (χ3v) is 9.09. The number of rotatable bonds is 37. The number of phosphoric ester groups is 1. The predicted octanol–water partition coefficient (Wildman–Crippen LogP) is 12.3. The smallest absolute Gasteiger partial charge is 0.462 e. The summed E-state index contributed by atoms with van der Waals surface area (Å²) >= 11 is 0. The number of hydrogen-bond acceptors (Lipinski definition) is 6. The fraction of sp³-hybridized carbons (Fsp3) is 0.762. The van der Waals surface area contributed by atoms with Gasteiger partial charge in [0.2, 0.25) is 0 Å². The van der Waals surface area contributed by atoms with E-state index in [0.29, 0.717) is 6.42 Å². The second kappa shape index (κ2) is 37.8. The average molecular weight is 739 g/mol. The monoisotopic (exact) mass is 739 g/mol. The summed E-state index contributed by atoms with van der Waals surface area (Å²) in [6, 6.07) is 0. The van der Waals surface area contributed by atoms with Crippen LogP contribution in [0.25, 0.3) is 0 Å². The maximum absolute atomic E-state index is 12.4. The van der Waals surface area contributed by atoms with Crippen molar-refractivity contribution in [3.05, 3.63) is 48.6 Å². The molecule has 0 unspecified atom stereocenters. The Labute approximate surface area is 312 Å². The molecule has 1 atom stereocenters.